The number of nitrogens with zero attached hydrogens (tertiary/aromatic N) is 2. The smallest absolute Gasteiger partial charge is 0.336 e. The fourth-order valence-corrected chi connectivity index (χ4v) is 5.10. The van der Waals surface area contributed by atoms with Gasteiger partial charge in [-0.1, -0.05) is 43.2 Å². The zero-order valence-corrected chi connectivity index (χ0v) is 23.5. The van der Waals surface area contributed by atoms with E-state index in [1.165, 1.54) is 29.4 Å². The molecule has 1 aliphatic carbocycles. The number of carboxylic acids is 3. The van der Waals surface area contributed by atoms with Gasteiger partial charge in [0.2, 0.25) is 0 Å². The van der Waals surface area contributed by atoms with Crippen LogP contribution in [-0.2, 0) is 26.5 Å². The van der Waals surface area contributed by atoms with Crippen molar-refractivity contribution >= 4 is 34.6 Å². The van der Waals surface area contributed by atoms with E-state index in [-0.39, 0.29) is 5.54 Å². The van der Waals surface area contributed by atoms with Crippen molar-refractivity contribution < 1.29 is 39.5 Å². The number of methoxy groups -OCH3 is 1. The number of aliphatic hydroxyl groups is 1. The number of carboxylic acid groups (broad SMARTS) is 3. The molecule has 0 amide bonds. The van der Waals surface area contributed by atoms with Crippen LogP contribution in [-0.4, -0.2) is 70.1 Å². The number of nitrogens with one attached hydrogen (secondary N) is 1. The summed E-state index contributed by atoms with van der Waals surface area (Å²) in [6.45, 7) is 0.803. The predicted octanol–water partition coefficient (Wildman–Crippen LogP) is 3.62. The Labute approximate surface area is 238 Å². The van der Waals surface area contributed by atoms with E-state index < -0.39 is 36.4 Å². The molecule has 1 heterocycles. The molecule has 2 aromatic carbocycles. The second-order valence-electron chi connectivity index (χ2n) is 10.4. The first-order chi connectivity index (χ1) is 19.4. The maximum atomic E-state index is 10.3. The lowest BCUT2D eigenvalue weighted by Gasteiger charge is -2.32. The number of para-hydroxylation sites is 1. The molecule has 1 fully saturated rings. The minimum Gasteiger partial charge on any atom is -0.497 e. The second kappa shape index (κ2) is 13.4. The maximum Gasteiger partial charge on any atom is 0.336 e. The van der Waals surface area contributed by atoms with Crippen molar-refractivity contribution in [1.29, 1.82) is 0 Å². The summed E-state index contributed by atoms with van der Waals surface area (Å²) in [6, 6.07) is 19.2. The fourth-order valence-electron chi connectivity index (χ4n) is 5.10. The van der Waals surface area contributed by atoms with Crippen LogP contribution < -0.4 is 15.0 Å². The first kappa shape index (κ1) is 31.3. The number of aliphatic carboxylic acids is 3. The molecule has 3 aromatic rings. The van der Waals surface area contributed by atoms with Crippen LogP contribution in [0.25, 0.3) is 10.9 Å². The molecule has 0 bridgehead atoms. The number of aromatic nitrogens is 1. The molecular formula is C30H37N3O8. The lowest BCUT2D eigenvalue weighted by atomic mass is 9.87. The van der Waals surface area contributed by atoms with Crippen LogP contribution in [0.2, 0.25) is 0 Å². The van der Waals surface area contributed by atoms with Gasteiger partial charge in [-0.15, -0.1) is 0 Å². The van der Waals surface area contributed by atoms with Crippen molar-refractivity contribution in [2.45, 2.75) is 56.2 Å². The zero-order chi connectivity index (χ0) is 30.2. The number of carbonyl (C=O) groups is 3. The largest absolute Gasteiger partial charge is 0.497 e. The number of benzene rings is 2. The summed E-state index contributed by atoms with van der Waals surface area (Å²) >= 11 is 0. The zero-order valence-electron chi connectivity index (χ0n) is 23.5. The predicted molar refractivity (Wildman–Crippen MR) is 153 cm³/mol. The Morgan fingerprint density at radius 2 is 1.56 bits per heavy atom. The van der Waals surface area contributed by atoms with Gasteiger partial charge in [0.1, 0.15) is 11.6 Å². The van der Waals surface area contributed by atoms with Crippen LogP contribution in [0.4, 0.5) is 5.82 Å². The van der Waals surface area contributed by atoms with E-state index >= 15 is 0 Å². The van der Waals surface area contributed by atoms with Crippen molar-refractivity contribution in [3.63, 3.8) is 0 Å². The molecule has 5 N–H and O–H groups in total. The lowest BCUT2D eigenvalue weighted by Crippen LogP contribution is -2.42. The van der Waals surface area contributed by atoms with E-state index in [9.17, 15) is 14.4 Å². The van der Waals surface area contributed by atoms with E-state index in [0.717, 1.165) is 36.5 Å². The first-order valence-electron chi connectivity index (χ1n) is 13.2. The van der Waals surface area contributed by atoms with Gasteiger partial charge in [0.25, 0.3) is 0 Å². The van der Waals surface area contributed by atoms with Gasteiger partial charge in [-0.05, 0) is 42.7 Å². The average molecular weight is 568 g/mol. The number of ether oxygens (including phenoxy) is 1. The van der Waals surface area contributed by atoms with Crippen molar-refractivity contribution in [1.82, 2.24) is 10.3 Å². The molecule has 220 valence electrons. The third-order valence-electron chi connectivity index (χ3n) is 7.21. The first-order valence-corrected chi connectivity index (χ1v) is 13.2. The average Bonchev–Trinajstić information content (AvgIpc) is 3.41. The van der Waals surface area contributed by atoms with Gasteiger partial charge in [-0.3, -0.25) is 9.59 Å². The normalized spacial score (nSPS) is 14.1. The highest BCUT2D eigenvalue weighted by Gasteiger charge is 2.41. The summed E-state index contributed by atoms with van der Waals surface area (Å²) in [5.41, 5.74) is 0.925. The van der Waals surface area contributed by atoms with Gasteiger partial charge in [0.05, 0.1) is 25.5 Å². The Hall–Kier alpha value is -4.22. The topological polar surface area (TPSA) is 170 Å². The summed E-state index contributed by atoms with van der Waals surface area (Å²) < 4.78 is 5.34. The Kier molecular flexibility index (Phi) is 10.3. The maximum absolute atomic E-state index is 10.3. The van der Waals surface area contributed by atoms with Crippen LogP contribution in [0.5, 0.6) is 5.75 Å². The van der Waals surface area contributed by atoms with Crippen molar-refractivity contribution in [3.05, 3.63) is 65.7 Å². The van der Waals surface area contributed by atoms with Gasteiger partial charge in [-0.25, -0.2) is 9.78 Å². The molecule has 0 atom stereocenters. The molecular weight excluding hydrogens is 530 g/mol. The number of rotatable bonds is 11. The lowest BCUT2D eigenvalue weighted by molar-refractivity contribution is -0.170. The van der Waals surface area contributed by atoms with Gasteiger partial charge in [-0.2, -0.15) is 0 Å². The molecule has 11 nitrogen and oxygen atoms in total. The highest BCUT2D eigenvalue weighted by molar-refractivity contribution is 5.88. The van der Waals surface area contributed by atoms with Crippen molar-refractivity contribution in [2.24, 2.45) is 0 Å². The van der Waals surface area contributed by atoms with Crippen LogP contribution >= 0.6 is 0 Å². The third kappa shape index (κ3) is 7.92. The second-order valence-corrected chi connectivity index (χ2v) is 10.4. The molecule has 1 saturated carbocycles. The minimum atomic E-state index is -2.74. The van der Waals surface area contributed by atoms with Crippen LogP contribution in [0.1, 0.15) is 49.7 Å². The fraction of sp³-hybridized carbons (Fsp3) is 0.400. The Morgan fingerprint density at radius 1 is 0.976 bits per heavy atom. The van der Waals surface area contributed by atoms with E-state index in [4.69, 9.17) is 30.1 Å². The van der Waals surface area contributed by atoms with Crippen molar-refractivity contribution in [2.75, 3.05) is 26.1 Å². The molecule has 41 heavy (non-hydrogen) atoms. The molecule has 0 saturated heterocycles. The molecule has 0 spiro atoms. The number of hydrogen-bond acceptors (Lipinski definition) is 8. The number of fused-ring (bicyclic) bond motifs is 1. The summed E-state index contributed by atoms with van der Waals surface area (Å²) in [4.78, 5) is 37.5. The van der Waals surface area contributed by atoms with Crippen LogP contribution in [0.3, 0.4) is 0 Å². The Bertz CT molecular complexity index is 1350. The highest BCUT2D eigenvalue weighted by Crippen LogP contribution is 2.40. The summed E-state index contributed by atoms with van der Waals surface area (Å²) in [5.74, 6) is -3.07. The van der Waals surface area contributed by atoms with E-state index in [1.807, 2.05) is 6.07 Å². The summed E-state index contributed by atoms with van der Waals surface area (Å²) in [7, 11) is 5.85. The van der Waals surface area contributed by atoms with E-state index in [1.54, 1.807) is 7.11 Å². The van der Waals surface area contributed by atoms with Gasteiger partial charge < -0.3 is 35.4 Å². The van der Waals surface area contributed by atoms with Gasteiger partial charge >= 0.3 is 17.9 Å². The summed E-state index contributed by atoms with van der Waals surface area (Å²) in [5, 5.41) is 38.9. The molecule has 11 heteroatoms. The number of anilines is 1. The van der Waals surface area contributed by atoms with Crippen LogP contribution in [0, 0.1) is 0 Å². The Morgan fingerprint density at radius 3 is 2.07 bits per heavy atom. The monoisotopic (exact) mass is 567 g/mol. The molecule has 0 aliphatic heterocycles. The minimum absolute atomic E-state index is 0.0293. The van der Waals surface area contributed by atoms with Gasteiger partial charge in [0.15, 0.2) is 5.60 Å². The highest BCUT2D eigenvalue weighted by atomic mass is 16.5. The van der Waals surface area contributed by atoms with Crippen LogP contribution in [0.15, 0.2) is 54.6 Å². The number of pyridine rings is 1. The molecule has 4 rings (SSSR count). The van der Waals surface area contributed by atoms with E-state index in [0.29, 0.717) is 0 Å². The summed E-state index contributed by atoms with van der Waals surface area (Å²) in [6.07, 6.45) is 2.56. The van der Waals surface area contributed by atoms with Crippen molar-refractivity contribution in [3.8, 4) is 5.75 Å². The van der Waals surface area contributed by atoms with Gasteiger partial charge in [0, 0.05) is 37.1 Å². The Balaban J connectivity index is 0.000000302. The standard InChI is InChI=1S/C24H29N3O.C6H8O7/c1-27(2)23-19(16-18-8-4-5-9-22(18)26-23)17-25-24(14-6-7-15-24)20-10-12-21(28-3)13-11-20;7-3(8)1-6(13,5(11)12)2-4(9)10/h4-5,8-13,16,25H,6-7,14-15,17H2,1-3H3;13H,1-2H2,(H,7,8)(H,9,10)(H,11,12). The molecule has 0 radical (unpaired) electrons. The van der Waals surface area contributed by atoms with E-state index in [2.05, 4.69) is 72.8 Å². The molecule has 0 unspecified atom stereocenters. The molecule has 1 aromatic heterocycles. The SMILES string of the molecule is COc1ccc(C2(NCc3cc4ccccc4nc3N(C)C)CCCC2)cc1.O=C(O)CC(O)(CC(=O)O)C(=O)O. The quantitative estimate of drug-likeness (QED) is 0.229. The third-order valence-corrected chi connectivity index (χ3v) is 7.21. The molecule has 1 aliphatic rings. The number of hydrogen-bond donors (Lipinski definition) is 5.